The molecular formula is C10H11N3O. The lowest BCUT2D eigenvalue weighted by atomic mass is 10.3. The Balaban J connectivity index is 2.02. The molecule has 0 aliphatic carbocycles. The monoisotopic (exact) mass is 189 g/mol. The van der Waals surface area contributed by atoms with Gasteiger partial charge >= 0.3 is 0 Å². The lowest BCUT2D eigenvalue weighted by molar-refractivity contribution is 0.564. The van der Waals surface area contributed by atoms with Gasteiger partial charge in [0.2, 0.25) is 0 Å². The first kappa shape index (κ1) is 8.62. The van der Waals surface area contributed by atoms with Gasteiger partial charge in [-0.3, -0.25) is 0 Å². The van der Waals surface area contributed by atoms with E-state index >= 15 is 0 Å². The van der Waals surface area contributed by atoms with Crippen LogP contribution in [0.2, 0.25) is 0 Å². The Bertz CT molecular complexity index is 398. The number of aromatic nitrogens is 1. The number of nitrogens with zero attached hydrogens (tertiary/aromatic N) is 1. The van der Waals surface area contributed by atoms with Crippen LogP contribution in [0.15, 0.2) is 41.3 Å². The summed E-state index contributed by atoms with van der Waals surface area (Å²) in [4.78, 5) is 3.97. The van der Waals surface area contributed by atoms with E-state index in [4.69, 9.17) is 10.2 Å². The zero-order valence-corrected chi connectivity index (χ0v) is 7.60. The number of pyridine rings is 1. The van der Waals surface area contributed by atoms with Crippen LogP contribution in [0.1, 0.15) is 5.56 Å². The molecule has 0 amide bonds. The second-order valence-corrected chi connectivity index (χ2v) is 2.92. The van der Waals surface area contributed by atoms with Gasteiger partial charge in [-0.25, -0.2) is 4.98 Å². The molecule has 0 aliphatic heterocycles. The van der Waals surface area contributed by atoms with Crippen LogP contribution < -0.4 is 11.1 Å². The highest BCUT2D eigenvalue weighted by Crippen LogP contribution is 2.14. The quantitative estimate of drug-likeness (QED) is 0.773. The number of nitrogen functional groups attached to an aromatic ring is 1. The van der Waals surface area contributed by atoms with E-state index < -0.39 is 0 Å². The van der Waals surface area contributed by atoms with Gasteiger partial charge < -0.3 is 15.5 Å². The Labute approximate surface area is 81.8 Å². The predicted octanol–water partition coefficient (Wildman–Crippen LogP) is 1.87. The molecule has 4 heteroatoms. The molecule has 0 bridgehead atoms. The van der Waals surface area contributed by atoms with Crippen molar-refractivity contribution in [1.82, 2.24) is 4.98 Å². The number of anilines is 2. The molecule has 0 unspecified atom stereocenters. The van der Waals surface area contributed by atoms with Crippen molar-refractivity contribution in [1.29, 1.82) is 0 Å². The van der Waals surface area contributed by atoms with E-state index in [0.717, 1.165) is 11.3 Å². The molecule has 2 rings (SSSR count). The molecule has 14 heavy (non-hydrogen) atoms. The second-order valence-electron chi connectivity index (χ2n) is 2.92. The van der Waals surface area contributed by atoms with Gasteiger partial charge in [0.25, 0.3) is 0 Å². The van der Waals surface area contributed by atoms with Gasteiger partial charge in [0.1, 0.15) is 5.82 Å². The van der Waals surface area contributed by atoms with Crippen LogP contribution in [-0.4, -0.2) is 4.98 Å². The first-order valence-electron chi connectivity index (χ1n) is 4.32. The number of nitrogens with one attached hydrogen (secondary N) is 1. The van der Waals surface area contributed by atoms with Crippen molar-refractivity contribution in [2.24, 2.45) is 0 Å². The Morgan fingerprint density at radius 1 is 1.43 bits per heavy atom. The van der Waals surface area contributed by atoms with Gasteiger partial charge in [0, 0.05) is 18.3 Å². The van der Waals surface area contributed by atoms with Crippen molar-refractivity contribution in [3.8, 4) is 0 Å². The fourth-order valence-corrected chi connectivity index (χ4v) is 1.16. The average molecular weight is 189 g/mol. The first-order valence-corrected chi connectivity index (χ1v) is 4.32. The smallest absolute Gasteiger partial charge is 0.146 e. The number of rotatable bonds is 3. The third kappa shape index (κ3) is 1.85. The van der Waals surface area contributed by atoms with Crippen molar-refractivity contribution in [3.63, 3.8) is 0 Å². The molecule has 0 radical (unpaired) electrons. The minimum Gasteiger partial charge on any atom is -0.472 e. The Morgan fingerprint density at radius 2 is 2.36 bits per heavy atom. The highest BCUT2D eigenvalue weighted by atomic mass is 16.3. The number of furan rings is 1. The molecule has 0 aromatic carbocycles. The standard InChI is InChI=1S/C10H11N3O/c11-10-9(2-1-4-12-10)13-6-8-3-5-14-7-8/h1-5,7,13H,6H2,(H2,11,12). The summed E-state index contributed by atoms with van der Waals surface area (Å²) in [5.41, 5.74) is 7.58. The maximum absolute atomic E-state index is 5.66. The lowest BCUT2D eigenvalue weighted by Gasteiger charge is -2.05. The van der Waals surface area contributed by atoms with E-state index in [1.165, 1.54) is 0 Å². The van der Waals surface area contributed by atoms with Crippen molar-refractivity contribution in [2.75, 3.05) is 11.1 Å². The zero-order chi connectivity index (χ0) is 9.80. The predicted molar refractivity (Wildman–Crippen MR) is 54.7 cm³/mol. The SMILES string of the molecule is Nc1ncccc1NCc1ccoc1. The summed E-state index contributed by atoms with van der Waals surface area (Å²) >= 11 is 0. The lowest BCUT2D eigenvalue weighted by Crippen LogP contribution is -2.02. The molecule has 0 saturated heterocycles. The second kappa shape index (κ2) is 3.83. The molecule has 0 atom stereocenters. The minimum absolute atomic E-state index is 0.510. The van der Waals surface area contributed by atoms with Gasteiger partial charge in [0.15, 0.2) is 0 Å². The molecule has 72 valence electrons. The largest absolute Gasteiger partial charge is 0.472 e. The van der Waals surface area contributed by atoms with E-state index in [1.807, 2.05) is 18.2 Å². The molecule has 0 spiro atoms. The molecule has 0 fully saturated rings. The van der Waals surface area contributed by atoms with Crippen LogP contribution >= 0.6 is 0 Å². The highest BCUT2D eigenvalue weighted by molar-refractivity contribution is 5.60. The van der Waals surface area contributed by atoms with E-state index in [0.29, 0.717) is 12.4 Å². The highest BCUT2D eigenvalue weighted by Gasteiger charge is 1.98. The summed E-state index contributed by atoms with van der Waals surface area (Å²) < 4.78 is 4.95. The van der Waals surface area contributed by atoms with Gasteiger partial charge in [-0.15, -0.1) is 0 Å². The third-order valence-corrected chi connectivity index (χ3v) is 1.90. The maximum atomic E-state index is 5.66. The van der Waals surface area contributed by atoms with Gasteiger partial charge in [-0.05, 0) is 18.2 Å². The van der Waals surface area contributed by atoms with E-state index in [2.05, 4.69) is 10.3 Å². The van der Waals surface area contributed by atoms with Crippen molar-refractivity contribution in [3.05, 3.63) is 42.5 Å². The molecule has 2 heterocycles. The van der Waals surface area contributed by atoms with Crippen molar-refractivity contribution < 1.29 is 4.42 Å². The summed E-state index contributed by atoms with van der Waals surface area (Å²) in [5, 5.41) is 3.17. The van der Waals surface area contributed by atoms with Gasteiger partial charge in [0.05, 0.1) is 18.2 Å². The fraction of sp³-hybridized carbons (Fsp3) is 0.100. The van der Waals surface area contributed by atoms with Crippen LogP contribution in [0.3, 0.4) is 0 Å². The molecule has 0 aliphatic rings. The molecular weight excluding hydrogens is 178 g/mol. The summed E-state index contributed by atoms with van der Waals surface area (Å²) in [6.07, 6.45) is 5.00. The Morgan fingerprint density at radius 3 is 3.07 bits per heavy atom. The topological polar surface area (TPSA) is 64.1 Å². The molecule has 2 aromatic rings. The number of nitrogens with two attached hydrogens (primary N) is 1. The fourth-order valence-electron chi connectivity index (χ4n) is 1.16. The van der Waals surface area contributed by atoms with E-state index in [-0.39, 0.29) is 0 Å². The normalized spacial score (nSPS) is 10.0. The van der Waals surface area contributed by atoms with Crippen LogP contribution in [-0.2, 0) is 6.54 Å². The first-order chi connectivity index (χ1) is 6.86. The third-order valence-electron chi connectivity index (χ3n) is 1.90. The minimum atomic E-state index is 0.510. The molecule has 2 aromatic heterocycles. The molecule has 0 saturated carbocycles. The van der Waals surface area contributed by atoms with Crippen molar-refractivity contribution in [2.45, 2.75) is 6.54 Å². The Kier molecular flexibility index (Phi) is 2.36. The summed E-state index contributed by atoms with van der Waals surface area (Å²) in [6.45, 7) is 0.687. The van der Waals surface area contributed by atoms with E-state index in [9.17, 15) is 0 Å². The van der Waals surface area contributed by atoms with Crippen molar-refractivity contribution >= 4 is 11.5 Å². The Hall–Kier alpha value is -1.97. The van der Waals surface area contributed by atoms with Crippen LogP contribution in [0, 0.1) is 0 Å². The van der Waals surface area contributed by atoms with Crippen LogP contribution in [0.5, 0.6) is 0 Å². The van der Waals surface area contributed by atoms with Crippen LogP contribution in [0.25, 0.3) is 0 Å². The average Bonchev–Trinajstić information content (AvgIpc) is 2.69. The van der Waals surface area contributed by atoms with E-state index in [1.54, 1.807) is 18.7 Å². The number of hydrogen-bond donors (Lipinski definition) is 2. The maximum Gasteiger partial charge on any atom is 0.146 e. The van der Waals surface area contributed by atoms with Gasteiger partial charge in [-0.2, -0.15) is 0 Å². The number of hydrogen-bond acceptors (Lipinski definition) is 4. The molecule has 4 nitrogen and oxygen atoms in total. The van der Waals surface area contributed by atoms with Crippen LogP contribution in [0.4, 0.5) is 11.5 Å². The van der Waals surface area contributed by atoms with Gasteiger partial charge in [-0.1, -0.05) is 0 Å². The summed E-state index contributed by atoms with van der Waals surface area (Å²) in [6, 6.07) is 5.63. The summed E-state index contributed by atoms with van der Waals surface area (Å²) in [5.74, 6) is 0.510. The zero-order valence-electron chi connectivity index (χ0n) is 7.60. The summed E-state index contributed by atoms with van der Waals surface area (Å²) in [7, 11) is 0. The molecule has 3 N–H and O–H groups in total.